The molecule has 0 aliphatic heterocycles. The number of hydrogen-bond donors (Lipinski definition) is 2. The standard InChI is InChI=1S/C9H20N2O/c1-4-6-10-8(3)7-11-9(12)5-2/h8,10H,4-7H2,1-3H3,(H,11,12). The van der Waals surface area contributed by atoms with Crippen LogP contribution >= 0.6 is 0 Å². The van der Waals surface area contributed by atoms with Gasteiger partial charge >= 0.3 is 0 Å². The number of carbonyl (C=O) groups excluding carboxylic acids is 1. The van der Waals surface area contributed by atoms with Crippen molar-refractivity contribution >= 4 is 5.91 Å². The molecule has 3 nitrogen and oxygen atoms in total. The average Bonchev–Trinajstić information content (AvgIpc) is 2.10. The van der Waals surface area contributed by atoms with E-state index in [1.54, 1.807) is 0 Å². The van der Waals surface area contributed by atoms with Crippen molar-refractivity contribution in [1.82, 2.24) is 10.6 Å². The summed E-state index contributed by atoms with van der Waals surface area (Å²) < 4.78 is 0. The summed E-state index contributed by atoms with van der Waals surface area (Å²) in [4.78, 5) is 10.9. The molecule has 0 aliphatic rings. The van der Waals surface area contributed by atoms with Crippen molar-refractivity contribution in [1.29, 1.82) is 0 Å². The van der Waals surface area contributed by atoms with Gasteiger partial charge in [0.05, 0.1) is 0 Å². The minimum Gasteiger partial charge on any atom is -0.355 e. The molecule has 1 unspecified atom stereocenters. The van der Waals surface area contributed by atoms with Gasteiger partial charge in [-0.25, -0.2) is 0 Å². The van der Waals surface area contributed by atoms with Gasteiger partial charge in [-0.2, -0.15) is 0 Å². The highest BCUT2D eigenvalue weighted by Gasteiger charge is 2.01. The largest absolute Gasteiger partial charge is 0.355 e. The predicted octanol–water partition coefficient (Wildman–Crippen LogP) is 0.901. The third-order valence-corrected chi connectivity index (χ3v) is 1.67. The Hall–Kier alpha value is -0.570. The van der Waals surface area contributed by atoms with Crippen molar-refractivity contribution in [3.63, 3.8) is 0 Å². The van der Waals surface area contributed by atoms with Gasteiger partial charge in [-0.15, -0.1) is 0 Å². The van der Waals surface area contributed by atoms with E-state index in [-0.39, 0.29) is 5.91 Å². The lowest BCUT2D eigenvalue weighted by Gasteiger charge is -2.13. The fourth-order valence-electron chi connectivity index (χ4n) is 0.855. The van der Waals surface area contributed by atoms with Crippen molar-refractivity contribution in [2.24, 2.45) is 0 Å². The first-order chi connectivity index (χ1) is 5.70. The molecule has 3 heteroatoms. The minimum absolute atomic E-state index is 0.125. The van der Waals surface area contributed by atoms with Crippen LogP contribution in [0.2, 0.25) is 0 Å². The van der Waals surface area contributed by atoms with Crippen molar-refractivity contribution < 1.29 is 4.79 Å². The molecule has 0 bridgehead atoms. The van der Waals surface area contributed by atoms with E-state index in [0.717, 1.165) is 19.5 Å². The molecule has 0 aliphatic carbocycles. The lowest BCUT2D eigenvalue weighted by Crippen LogP contribution is -2.38. The van der Waals surface area contributed by atoms with Crippen LogP contribution < -0.4 is 10.6 Å². The zero-order valence-electron chi connectivity index (χ0n) is 8.31. The van der Waals surface area contributed by atoms with E-state index >= 15 is 0 Å². The van der Waals surface area contributed by atoms with E-state index < -0.39 is 0 Å². The Labute approximate surface area is 74.9 Å². The Morgan fingerprint density at radius 1 is 1.42 bits per heavy atom. The van der Waals surface area contributed by atoms with Gasteiger partial charge in [0, 0.05) is 19.0 Å². The summed E-state index contributed by atoms with van der Waals surface area (Å²) >= 11 is 0. The van der Waals surface area contributed by atoms with Crippen LogP contribution in [0.15, 0.2) is 0 Å². The first-order valence-electron chi connectivity index (χ1n) is 4.70. The van der Waals surface area contributed by atoms with Crippen molar-refractivity contribution in [3.8, 4) is 0 Å². The maximum Gasteiger partial charge on any atom is 0.219 e. The van der Waals surface area contributed by atoms with Crippen LogP contribution in [0.4, 0.5) is 0 Å². The highest BCUT2D eigenvalue weighted by molar-refractivity contribution is 5.75. The van der Waals surface area contributed by atoms with Gasteiger partial charge in [-0.3, -0.25) is 4.79 Å². The maximum atomic E-state index is 10.9. The van der Waals surface area contributed by atoms with Crippen LogP contribution in [-0.4, -0.2) is 25.0 Å². The van der Waals surface area contributed by atoms with Crippen molar-refractivity contribution in [2.75, 3.05) is 13.1 Å². The predicted molar refractivity (Wildman–Crippen MR) is 51.1 cm³/mol. The molecule has 0 aromatic heterocycles. The van der Waals surface area contributed by atoms with Crippen LogP contribution in [0.25, 0.3) is 0 Å². The fraction of sp³-hybridized carbons (Fsp3) is 0.889. The van der Waals surface area contributed by atoms with Gasteiger partial charge in [0.2, 0.25) is 5.91 Å². The highest BCUT2D eigenvalue weighted by atomic mass is 16.1. The molecule has 0 radical (unpaired) electrons. The number of carbonyl (C=O) groups is 1. The summed E-state index contributed by atoms with van der Waals surface area (Å²) in [7, 11) is 0. The third-order valence-electron chi connectivity index (χ3n) is 1.67. The van der Waals surface area contributed by atoms with Crippen LogP contribution in [0.3, 0.4) is 0 Å². The molecule has 0 saturated heterocycles. The first-order valence-corrected chi connectivity index (χ1v) is 4.70. The number of hydrogen-bond acceptors (Lipinski definition) is 2. The van der Waals surface area contributed by atoms with E-state index in [0.29, 0.717) is 12.5 Å². The van der Waals surface area contributed by atoms with E-state index in [1.807, 2.05) is 6.92 Å². The highest BCUT2D eigenvalue weighted by Crippen LogP contribution is 1.81. The van der Waals surface area contributed by atoms with Gasteiger partial charge in [-0.05, 0) is 19.9 Å². The molecule has 1 amide bonds. The van der Waals surface area contributed by atoms with E-state index in [4.69, 9.17) is 0 Å². The second kappa shape index (κ2) is 7.10. The summed E-state index contributed by atoms with van der Waals surface area (Å²) in [5.74, 6) is 0.125. The van der Waals surface area contributed by atoms with Gasteiger partial charge in [0.15, 0.2) is 0 Å². The zero-order valence-corrected chi connectivity index (χ0v) is 8.31. The Kier molecular flexibility index (Phi) is 6.76. The topological polar surface area (TPSA) is 41.1 Å². The molecule has 1 atom stereocenters. The van der Waals surface area contributed by atoms with E-state index in [9.17, 15) is 4.79 Å². The second-order valence-corrected chi connectivity index (χ2v) is 3.01. The molecular formula is C9H20N2O. The number of nitrogens with one attached hydrogen (secondary N) is 2. The molecule has 12 heavy (non-hydrogen) atoms. The van der Waals surface area contributed by atoms with E-state index in [2.05, 4.69) is 24.5 Å². The lowest BCUT2D eigenvalue weighted by molar-refractivity contribution is -0.120. The van der Waals surface area contributed by atoms with Crippen LogP contribution in [0.5, 0.6) is 0 Å². The molecule has 0 spiro atoms. The Morgan fingerprint density at radius 2 is 2.08 bits per heavy atom. The van der Waals surface area contributed by atoms with Crippen LogP contribution in [0, 0.1) is 0 Å². The maximum absolute atomic E-state index is 10.9. The molecule has 0 fully saturated rings. The van der Waals surface area contributed by atoms with E-state index in [1.165, 1.54) is 0 Å². The van der Waals surface area contributed by atoms with Gasteiger partial charge in [-0.1, -0.05) is 13.8 Å². The molecule has 72 valence electrons. The average molecular weight is 172 g/mol. The van der Waals surface area contributed by atoms with Crippen LogP contribution in [-0.2, 0) is 4.79 Å². The van der Waals surface area contributed by atoms with Crippen molar-refractivity contribution in [3.05, 3.63) is 0 Å². The van der Waals surface area contributed by atoms with Gasteiger partial charge in [0.1, 0.15) is 0 Å². The Balaban J connectivity index is 3.30. The van der Waals surface area contributed by atoms with Crippen LogP contribution in [0.1, 0.15) is 33.6 Å². The smallest absolute Gasteiger partial charge is 0.219 e. The fourth-order valence-corrected chi connectivity index (χ4v) is 0.855. The number of amides is 1. The summed E-state index contributed by atoms with van der Waals surface area (Å²) in [6, 6.07) is 0.375. The van der Waals surface area contributed by atoms with Gasteiger partial charge < -0.3 is 10.6 Å². The lowest BCUT2D eigenvalue weighted by atomic mass is 10.3. The Bertz CT molecular complexity index is 126. The normalized spacial score (nSPS) is 12.6. The minimum atomic E-state index is 0.125. The molecule has 0 heterocycles. The quantitative estimate of drug-likeness (QED) is 0.625. The molecule has 0 saturated carbocycles. The third kappa shape index (κ3) is 6.16. The molecular weight excluding hydrogens is 152 g/mol. The monoisotopic (exact) mass is 172 g/mol. The molecule has 0 rings (SSSR count). The molecule has 0 aromatic rings. The number of rotatable bonds is 6. The summed E-state index contributed by atoms with van der Waals surface area (Å²) in [5, 5.41) is 6.14. The Morgan fingerprint density at radius 3 is 2.58 bits per heavy atom. The molecule has 0 aromatic carbocycles. The second-order valence-electron chi connectivity index (χ2n) is 3.01. The summed E-state index contributed by atoms with van der Waals surface area (Å²) in [6.45, 7) is 7.81. The molecule has 2 N–H and O–H groups in total. The first kappa shape index (κ1) is 11.4. The zero-order chi connectivity index (χ0) is 9.40. The van der Waals surface area contributed by atoms with Gasteiger partial charge in [0.25, 0.3) is 0 Å². The summed E-state index contributed by atoms with van der Waals surface area (Å²) in [5.41, 5.74) is 0. The SMILES string of the molecule is CCCNC(C)CNC(=O)CC. The van der Waals surface area contributed by atoms with Crippen molar-refractivity contribution in [2.45, 2.75) is 39.7 Å². The summed E-state index contributed by atoms with van der Waals surface area (Å²) in [6.07, 6.45) is 1.70.